The lowest BCUT2D eigenvalue weighted by Crippen LogP contribution is -2.48. The van der Waals surface area contributed by atoms with E-state index in [9.17, 15) is 18.3 Å². The van der Waals surface area contributed by atoms with E-state index in [2.05, 4.69) is 5.32 Å². The van der Waals surface area contributed by atoms with Gasteiger partial charge in [-0.15, -0.1) is 0 Å². The largest absolute Gasteiger partial charge is 0.387 e. The van der Waals surface area contributed by atoms with Gasteiger partial charge in [-0.3, -0.25) is 4.79 Å². The number of hydrogen-bond donors (Lipinski definition) is 2. The number of nitrogens with one attached hydrogen (secondary N) is 1. The van der Waals surface area contributed by atoms with Crippen LogP contribution in [-0.4, -0.2) is 55.6 Å². The predicted molar refractivity (Wildman–Crippen MR) is 114 cm³/mol. The van der Waals surface area contributed by atoms with Crippen LogP contribution in [0.25, 0.3) is 0 Å². The molecule has 1 aliphatic rings. The van der Waals surface area contributed by atoms with Crippen LogP contribution in [0.15, 0.2) is 53.4 Å². The fraction of sp³-hybridized carbons (Fsp3) is 0.381. The summed E-state index contributed by atoms with van der Waals surface area (Å²) in [5.74, 6) is -0.498. The van der Waals surface area contributed by atoms with Crippen LogP contribution in [0.4, 0.5) is 0 Å². The fourth-order valence-corrected chi connectivity index (χ4v) is 5.48. The Kier molecular flexibility index (Phi) is 7.15. The van der Waals surface area contributed by atoms with Crippen LogP contribution < -0.4 is 5.32 Å². The van der Waals surface area contributed by atoms with Crippen molar-refractivity contribution in [1.82, 2.24) is 9.62 Å². The molecule has 162 valence electrons. The summed E-state index contributed by atoms with van der Waals surface area (Å²) in [6.45, 7) is 4.03. The highest BCUT2D eigenvalue weighted by Gasteiger charge is 2.33. The topological polar surface area (TPSA) is 95.9 Å². The number of ether oxygens (including phenoxy) is 1. The van der Waals surface area contributed by atoms with Crippen molar-refractivity contribution >= 4 is 27.5 Å². The molecule has 1 fully saturated rings. The maximum atomic E-state index is 13.1. The molecule has 0 radical (unpaired) electrons. The number of hydrogen-bond acceptors (Lipinski definition) is 5. The van der Waals surface area contributed by atoms with Crippen molar-refractivity contribution in [1.29, 1.82) is 0 Å². The molecule has 0 bridgehead atoms. The van der Waals surface area contributed by atoms with E-state index in [1.807, 2.05) is 19.9 Å². The molecule has 1 heterocycles. The van der Waals surface area contributed by atoms with Gasteiger partial charge in [0.1, 0.15) is 4.90 Å². The monoisotopic (exact) mass is 452 g/mol. The van der Waals surface area contributed by atoms with Crippen LogP contribution in [0, 0.1) is 0 Å². The lowest BCUT2D eigenvalue weighted by molar-refractivity contribution is -0.0440. The van der Waals surface area contributed by atoms with Gasteiger partial charge in [-0.25, -0.2) is 8.42 Å². The van der Waals surface area contributed by atoms with Crippen molar-refractivity contribution in [3.8, 4) is 0 Å². The van der Waals surface area contributed by atoms with Gasteiger partial charge < -0.3 is 15.2 Å². The number of amides is 1. The molecule has 7 nitrogen and oxygen atoms in total. The zero-order valence-electron chi connectivity index (χ0n) is 16.8. The quantitative estimate of drug-likeness (QED) is 0.702. The van der Waals surface area contributed by atoms with E-state index in [0.29, 0.717) is 5.56 Å². The van der Waals surface area contributed by atoms with Gasteiger partial charge in [0.2, 0.25) is 10.0 Å². The Morgan fingerprint density at radius 2 is 1.83 bits per heavy atom. The summed E-state index contributed by atoms with van der Waals surface area (Å²) >= 11 is 6.18. The molecular formula is C21H25ClN2O5S. The normalized spacial score (nSPS) is 21.2. The number of carbonyl (C=O) groups excluding carboxylic acids is 1. The molecule has 1 saturated heterocycles. The minimum absolute atomic E-state index is 0.00789. The molecule has 1 amide bonds. The Hall–Kier alpha value is -1.97. The number of sulfonamides is 1. The van der Waals surface area contributed by atoms with E-state index in [4.69, 9.17) is 16.3 Å². The van der Waals surface area contributed by atoms with Gasteiger partial charge in [-0.1, -0.05) is 41.9 Å². The molecule has 30 heavy (non-hydrogen) atoms. The number of nitrogens with zero attached hydrogens (tertiary/aromatic N) is 1. The van der Waals surface area contributed by atoms with Crippen molar-refractivity contribution in [2.75, 3.05) is 19.6 Å². The van der Waals surface area contributed by atoms with E-state index < -0.39 is 22.0 Å². The van der Waals surface area contributed by atoms with Crippen molar-refractivity contribution in [2.24, 2.45) is 0 Å². The first-order chi connectivity index (χ1) is 14.2. The first-order valence-electron chi connectivity index (χ1n) is 9.65. The first kappa shape index (κ1) is 22.7. The zero-order valence-corrected chi connectivity index (χ0v) is 18.4. The van der Waals surface area contributed by atoms with Crippen LogP contribution in [-0.2, 0) is 14.8 Å². The summed E-state index contributed by atoms with van der Waals surface area (Å²) in [4.78, 5) is 12.4. The SMILES string of the molecule is CC1CN(S(=O)(=O)c2cc(C(=O)NCC(O)c3ccccc3)ccc2Cl)CC(C)O1. The molecular weight excluding hydrogens is 428 g/mol. The molecule has 3 rings (SSSR count). The van der Waals surface area contributed by atoms with E-state index in [1.165, 1.54) is 22.5 Å². The van der Waals surface area contributed by atoms with Gasteiger partial charge in [0.05, 0.1) is 23.3 Å². The molecule has 0 spiro atoms. The number of morpholine rings is 1. The molecule has 3 unspecified atom stereocenters. The minimum Gasteiger partial charge on any atom is -0.387 e. The van der Waals surface area contributed by atoms with Crippen LogP contribution >= 0.6 is 11.6 Å². The average Bonchev–Trinajstić information content (AvgIpc) is 2.72. The number of carbonyl (C=O) groups is 1. The van der Waals surface area contributed by atoms with E-state index in [-0.39, 0.29) is 47.3 Å². The van der Waals surface area contributed by atoms with Gasteiger partial charge in [-0.05, 0) is 37.6 Å². The Balaban J connectivity index is 1.76. The van der Waals surface area contributed by atoms with E-state index in [0.717, 1.165) is 0 Å². The van der Waals surface area contributed by atoms with Crippen molar-refractivity contribution in [2.45, 2.75) is 37.1 Å². The summed E-state index contributed by atoms with van der Waals surface area (Å²) < 4.78 is 33.2. The summed E-state index contributed by atoms with van der Waals surface area (Å²) in [6, 6.07) is 13.1. The minimum atomic E-state index is -3.90. The van der Waals surface area contributed by atoms with E-state index >= 15 is 0 Å². The van der Waals surface area contributed by atoms with E-state index in [1.54, 1.807) is 24.3 Å². The van der Waals surface area contributed by atoms with Crippen LogP contribution in [0.1, 0.15) is 35.9 Å². The number of benzene rings is 2. The number of halogens is 1. The molecule has 2 aromatic rings. The third-order valence-corrected chi connectivity index (χ3v) is 7.15. The van der Waals surface area contributed by atoms with Crippen LogP contribution in [0.2, 0.25) is 5.02 Å². The zero-order chi connectivity index (χ0) is 21.9. The Bertz CT molecular complexity index is 990. The number of aliphatic hydroxyl groups excluding tert-OH is 1. The second kappa shape index (κ2) is 9.45. The number of rotatable bonds is 6. The molecule has 0 aliphatic carbocycles. The van der Waals surface area contributed by atoms with Gasteiger partial charge in [-0.2, -0.15) is 4.31 Å². The van der Waals surface area contributed by atoms with Crippen molar-refractivity contribution < 1.29 is 23.1 Å². The Morgan fingerprint density at radius 3 is 2.47 bits per heavy atom. The molecule has 2 N–H and O–H groups in total. The van der Waals surface area contributed by atoms with Gasteiger partial charge in [0, 0.05) is 25.2 Å². The number of aliphatic hydroxyl groups is 1. The van der Waals surface area contributed by atoms with Crippen LogP contribution in [0.3, 0.4) is 0 Å². The molecule has 0 aromatic heterocycles. The molecule has 3 atom stereocenters. The Morgan fingerprint density at radius 1 is 1.20 bits per heavy atom. The average molecular weight is 453 g/mol. The smallest absolute Gasteiger partial charge is 0.251 e. The van der Waals surface area contributed by atoms with Gasteiger partial charge >= 0.3 is 0 Å². The highest BCUT2D eigenvalue weighted by atomic mass is 35.5. The van der Waals surface area contributed by atoms with Crippen LogP contribution in [0.5, 0.6) is 0 Å². The lowest BCUT2D eigenvalue weighted by Gasteiger charge is -2.34. The molecule has 0 saturated carbocycles. The summed E-state index contributed by atoms with van der Waals surface area (Å²) in [5, 5.41) is 12.9. The molecule has 2 aromatic carbocycles. The third kappa shape index (κ3) is 5.19. The Labute approximate surface area is 181 Å². The van der Waals surface area contributed by atoms with Gasteiger partial charge in [0.25, 0.3) is 5.91 Å². The highest BCUT2D eigenvalue weighted by Crippen LogP contribution is 2.28. The first-order valence-corrected chi connectivity index (χ1v) is 11.5. The highest BCUT2D eigenvalue weighted by molar-refractivity contribution is 7.89. The lowest BCUT2D eigenvalue weighted by atomic mass is 10.1. The second-order valence-corrected chi connectivity index (χ2v) is 9.67. The predicted octanol–water partition coefficient (Wildman–Crippen LogP) is 2.60. The maximum absolute atomic E-state index is 13.1. The summed E-state index contributed by atoms with van der Waals surface area (Å²) in [7, 11) is -3.90. The molecule has 9 heteroatoms. The fourth-order valence-electron chi connectivity index (χ4n) is 3.39. The summed E-state index contributed by atoms with van der Waals surface area (Å²) in [5.41, 5.74) is 0.820. The maximum Gasteiger partial charge on any atom is 0.251 e. The van der Waals surface area contributed by atoms with Gasteiger partial charge in [0.15, 0.2) is 0 Å². The van der Waals surface area contributed by atoms with Crippen molar-refractivity contribution in [3.05, 3.63) is 64.7 Å². The second-order valence-electron chi connectivity index (χ2n) is 7.36. The summed E-state index contributed by atoms with van der Waals surface area (Å²) in [6.07, 6.45) is -1.36. The van der Waals surface area contributed by atoms with Crippen molar-refractivity contribution in [3.63, 3.8) is 0 Å². The standard InChI is InChI=1S/C21H25ClN2O5S/c1-14-12-24(13-15(2)29-14)30(27,28)20-10-17(8-9-18(20)22)21(26)23-11-19(25)16-6-4-3-5-7-16/h3-10,14-15,19,25H,11-13H2,1-2H3,(H,23,26). The molecule has 1 aliphatic heterocycles. The third-order valence-electron chi connectivity index (χ3n) is 4.84.